The summed E-state index contributed by atoms with van der Waals surface area (Å²) in [7, 11) is 1.70. The van der Waals surface area contributed by atoms with E-state index in [9.17, 15) is 0 Å². The van der Waals surface area contributed by atoms with Crippen LogP contribution in [0.2, 0.25) is 0 Å². The van der Waals surface area contributed by atoms with Crippen molar-refractivity contribution in [3.05, 3.63) is 108 Å². The minimum atomic E-state index is 0.728. The van der Waals surface area contributed by atoms with Crippen molar-refractivity contribution in [3.63, 3.8) is 0 Å². The van der Waals surface area contributed by atoms with E-state index in [0.717, 1.165) is 39.8 Å². The highest BCUT2D eigenvalue weighted by Gasteiger charge is 2.19. The van der Waals surface area contributed by atoms with Crippen molar-refractivity contribution < 1.29 is 4.74 Å². The Labute approximate surface area is 191 Å². The van der Waals surface area contributed by atoms with Gasteiger partial charge in [0.2, 0.25) is 0 Å². The first-order valence-electron chi connectivity index (χ1n) is 10.5. The molecule has 0 amide bonds. The maximum atomic E-state index is 5.66. The Morgan fingerprint density at radius 2 is 1.53 bits per heavy atom. The van der Waals surface area contributed by atoms with Gasteiger partial charge in [0.1, 0.15) is 11.3 Å². The Bertz CT molecular complexity index is 1260. The summed E-state index contributed by atoms with van der Waals surface area (Å²) in [6, 6.07) is 29.2. The Morgan fingerprint density at radius 3 is 2.25 bits per heavy atom. The molecule has 158 valence electrons. The topological polar surface area (TPSA) is 38.2 Å². The highest BCUT2D eigenvalue weighted by Crippen LogP contribution is 2.41. The zero-order valence-corrected chi connectivity index (χ0v) is 18.6. The molecular formula is C27H23N3OS. The molecule has 0 radical (unpaired) electrons. The lowest BCUT2D eigenvalue weighted by Gasteiger charge is -2.22. The van der Waals surface area contributed by atoms with Crippen LogP contribution in [0.3, 0.4) is 0 Å². The lowest BCUT2D eigenvalue weighted by molar-refractivity contribution is 0.419. The van der Waals surface area contributed by atoms with Gasteiger partial charge in [-0.05, 0) is 34.9 Å². The molecule has 5 rings (SSSR count). The zero-order chi connectivity index (χ0) is 21.8. The summed E-state index contributed by atoms with van der Waals surface area (Å²) in [6.07, 6.45) is 3.72. The standard InChI is InChI=1S/C27H23N3OS/c1-31-24-15-14-23(22-12-6-3-7-13-22)26-25(24)29-27(32-26)30(18-20-9-4-2-5-10-20)19-21-11-8-16-28-17-21/h2-17H,18-19H2,1H3. The van der Waals surface area contributed by atoms with Crippen LogP contribution in [0.5, 0.6) is 5.75 Å². The van der Waals surface area contributed by atoms with Crippen molar-refractivity contribution >= 4 is 26.7 Å². The average molecular weight is 438 g/mol. The second kappa shape index (κ2) is 9.20. The Balaban J connectivity index is 1.61. The van der Waals surface area contributed by atoms with Crippen LogP contribution in [0.1, 0.15) is 11.1 Å². The molecule has 32 heavy (non-hydrogen) atoms. The fourth-order valence-electron chi connectivity index (χ4n) is 3.82. The van der Waals surface area contributed by atoms with E-state index in [1.54, 1.807) is 24.6 Å². The molecule has 0 spiro atoms. The van der Waals surface area contributed by atoms with Gasteiger partial charge in [0, 0.05) is 31.0 Å². The Hall–Kier alpha value is -3.70. The number of pyridine rings is 1. The predicted octanol–water partition coefficient (Wildman–Crippen LogP) is 6.57. The quantitative estimate of drug-likeness (QED) is 0.288. The number of anilines is 1. The Morgan fingerprint density at radius 1 is 0.812 bits per heavy atom. The highest BCUT2D eigenvalue weighted by atomic mass is 32.1. The molecule has 0 unspecified atom stereocenters. The molecular weight excluding hydrogens is 414 g/mol. The number of nitrogens with zero attached hydrogens (tertiary/aromatic N) is 3. The zero-order valence-electron chi connectivity index (χ0n) is 17.8. The molecule has 5 aromatic rings. The molecule has 0 saturated heterocycles. The summed E-state index contributed by atoms with van der Waals surface area (Å²) in [5.74, 6) is 0.795. The number of thiazole rings is 1. The maximum absolute atomic E-state index is 5.66. The van der Waals surface area contributed by atoms with Crippen molar-refractivity contribution in [3.8, 4) is 16.9 Å². The van der Waals surface area contributed by atoms with E-state index in [2.05, 4.69) is 70.5 Å². The second-order valence-corrected chi connectivity index (χ2v) is 8.54. The molecule has 4 nitrogen and oxygen atoms in total. The van der Waals surface area contributed by atoms with Gasteiger partial charge in [-0.3, -0.25) is 4.98 Å². The molecule has 0 aliphatic rings. The Kier molecular flexibility index (Phi) is 5.81. The third-order valence-corrected chi connectivity index (χ3v) is 6.53. The molecule has 3 aromatic carbocycles. The van der Waals surface area contributed by atoms with Gasteiger partial charge in [-0.25, -0.2) is 4.98 Å². The normalized spacial score (nSPS) is 10.9. The number of aromatic nitrogens is 2. The van der Waals surface area contributed by atoms with Crippen molar-refractivity contribution in [1.29, 1.82) is 0 Å². The summed E-state index contributed by atoms with van der Waals surface area (Å²) in [4.78, 5) is 11.7. The first-order chi connectivity index (χ1) is 15.8. The van der Waals surface area contributed by atoms with Gasteiger partial charge in [0.25, 0.3) is 0 Å². The number of hydrogen-bond donors (Lipinski definition) is 0. The van der Waals surface area contributed by atoms with E-state index in [1.165, 1.54) is 16.7 Å². The summed E-state index contributed by atoms with van der Waals surface area (Å²) < 4.78 is 6.80. The molecule has 0 bridgehead atoms. The number of methoxy groups -OCH3 is 1. The smallest absolute Gasteiger partial charge is 0.187 e. The predicted molar refractivity (Wildman–Crippen MR) is 132 cm³/mol. The van der Waals surface area contributed by atoms with Crippen molar-refractivity contribution in [2.24, 2.45) is 0 Å². The van der Waals surface area contributed by atoms with Crippen molar-refractivity contribution in [2.75, 3.05) is 12.0 Å². The highest BCUT2D eigenvalue weighted by molar-refractivity contribution is 7.22. The lowest BCUT2D eigenvalue weighted by Crippen LogP contribution is -2.22. The molecule has 2 heterocycles. The lowest BCUT2D eigenvalue weighted by atomic mass is 10.1. The van der Waals surface area contributed by atoms with Crippen molar-refractivity contribution in [2.45, 2.75) is 13.1 Å². The minimum absolute atomic E-state index is 0.728. The third kappa shape index (κ3) is 4.20. The van der Waals surface area contributed by atoms with E-state index in [0.29, 0.717) is 0 Å². The van der Waals surface area contributed by atoms with Gasteiger partial charge in [-0.1, -0.05) is 78.1 Å². The maximum Gasteiger partial charge on any atom is 0.187 e. The van der Waals surface area contributed by atoms with Crippen LogP contribution in [0.25, 0.3) is 21.3 Å². The monoisotopic (exact) mass is 437 g/mol. The minimum Gasteiger partial charge on any atom is -0.494 e. The van der Waals surface area contributed by atoms with E-state index >= 15 is 0 Å². The van der Waals surface area contributed by atoms with Crippen molar-refractivity contribution in [1.82, 2.24) is 9.97 Å². The van der Waals surface area contributed by atoms with E-state index in [-0.39, 0.29) is 0 Å². The molecule has 0 saturated carbocycles. The summed E-state index contributed by atoms with van der Waals surface area (Å²) >= 11 is 1.71. The van der Waals surface area contributed by atoms with E-state index < -0.39 is 0 Å². The van der Waals surface area contributed by atoms with Crippen LogP contribution >= 0.6 is 11.3 Å². The SMILES string of the molecule is COc1ccc(-c2ccccc2)c2sc(N(Cc3ccccc3)Cc3cccnc3)nc12. The third-order valence-electron chi connectivity index (χ3n) is 5.38. The summed E-state index contributed by atoms with van der Waals surface area (Å²) in [6.45, 7) is 1.49. The van der Waals surface area contributed by atoms with Gasteiger partial charge in [-0.15, -0.1) is 0 Å². The number of benzene rings is 3. The largest absolute Gasteiger partial charge is 0.494 e. The number of hydrogen-bond acceptors (Lipinski definition) is 5. The average Bonchev–Trinajstić information content (AvgIpc) is 3.30. The number of fused-ring (bicyclic) bond motifs is 1. The summed E-state index contributed by atoms with van der Waals surface area (Å²) in [5.41, 5.74) is 5.64. The van der Waals surface area contributed by atoms with E-state index in [1.807, 2.05) is 30.5 Å². The number of ether oxygens (including phenoxy) is 1. The van der Waals surface area contributed by atoms with Crippen LogP contribution in [0.4, 0.5) is 5.13 Å². The van der Waals surface area contributed by atoms with E-state index in [4.69, 9.17) is 9.72 Å². The molecule has 0 N–H and O–H groups in total. The molecule has 0 aliphatic carbocycles. The van der Waals surface area contributed by atoms with Gasteiger partial charge in [-0.2, -0.15) is 0 Å². The van der Waals surface area contributed by atoms with Crippen LogP contribution in [-0.4, -0.2) is 17.1 Å². The molecule has 0 atom stereocenters. The molecule has 2 aromatic heterocycles. The van der Waals surface area contributed by atoms with Crippen LogP contribution in [-0.2, 0) is 13.1 Å². The number of rotatable bonds is 7. The van der Waals surface area contributed by atoms with Crippen LogP contribution in [0, 0.1) is 0 Å². The first kappa shape index (κ1) is 20.2. The van der Waals surface area contributed by atoms with Gasteiger partial charge < -0.3 is 9.64 Å². The van der Waals surface area contributed by atoms with Crippen LogP contribution < -0.4 is 9.64 Å². The van der Waals surface area contributed by atoms with Gasteiger partial charge >= 0.3 is 0 Å². The van der Waals surface area contributed by atoms with Gasteiger partial charge in [0.15, 0.2) is 5.13 Å². The fourth-order valence-corrected chi connectivity index (χ4v) is 4.94. The van der Waals surface area contributed by atoms with Gasteiger partial charge in [0.05, 0.1) is 11.8 Å². The fraction of sp³-hybridized carbons (Fsp3) is 0.111. The molecule has 0 fully saturated rings. The van der Waals surface area contributed by atoms with Crippen LogP contribution in [0.15, 0.2) is 97.3 Å². The molecule has 5 heteroatoms. The first-order valence-corrected chi connectivity index (χ1v) is 11.3. The molecule has 0 aliphatic heterocycles. The second-order valence-electron chi connectivity index (χ2n) is 7.56. The summed E-state index contributed by atoms with van der Waals surface area (Å²) in [5, 5.41) is 0.967.